The van der Waals surface area contributed by atoms with Gasteiger partial charge in [-0.15, -0.1) is 0 Å². The first kappa shape index (κ1) is 15.4. The molecule has 0 aromatic carbocycles. The Morgan fingerprint density at radius 3 is 2.91 bits per heavy atom. The number of halogens is 1. The molecule has 1 aliphatic heterocycles. The summed E-state index contributed by atoms with van der Waals surface area (Å²) < 4.78 is 12.0. The average molecular weight is 331 g/mol. The Balaban J connectivity index is 2.14. The fourth-order valence-electron chi connectivity index (χ4n) is 2.58. The normalized spacial score (nSPS) is 32.0. The Bertz CT molecular complexity index is 710. The highest BCUT2D eigenvalue weighted by Crippen LogP contribution is 2.40. The van der Waals surface area contributed by atoms with E-state index in [1.807, 2.05) is 0 Å². The molecular weight excluding hydrogens is 316 g/mol. The second-order valence-corrected chi connectivity index (χ2v) is 5.30. The van der Waals surface area contributed by atoms with E-state index in [0.717, 1.165) is 0 Å². The van der Waals surface area contributed by atoms with Crippen molar-refractivity contribution in [1.29, 1.82) is 0 Å². The summed E-state index contributed by atoms with van der Waals surface area (Å²) >= 11 is 6.00. The highest BCUT2D eigenvalue weighted by Gasteiger charge is 2.57. The van der Waals surface area contributed by atoms with Crippen molar-refractivity contribution in [3.05, 3.63) is 17.4 Å². The molecule has 1 unspecified atom stereocenters. The molecule has 1 aliphatic rings. The number of aromatic nitrogens is 3. The zero-order valence-corrected chi connectivity index (χ0v) is 12.3. The number of hydrogen-bond donors (Lipinski definition) is 4. The summed E-state index contributed by atoms with van der Waals surface area (Å²) in [5.41, 5.74) is 5.90. The van der Waals surface area contributed by atoms with Crippen molar-refractivity contribution in [2.45, 2.75) is 24.2 Å². The lowest BCUT2D eigenvalue weighted by molar-refractivity contribution is -0.264. The van der Waals surface area contributed by atoms with Crippen molar-refractivity contribution in [2.24, 2.45) is 0 Å². The van der Waals surface area contributed by atoms with Gasteiger partial charge in [0.1, 0.15) is 23.0 Å². The van der Waals surface area contributed by atoms with E-state index in [1.54, 1.807) is 12.3 Å². The van der Waals surface area contributed by atoms with Crippen LogP contribution in [0.25, 0.3) is 11.0 Å². The lowest BCUT2D eigenvalue weighted by Crippen LogP contribution is -2.48. The minimum Gasteiger partial charge on any atom is -0.394 e. The molecule has 5 N–H and O–H groups in total. The highest BCUT2D eigenvalue weighted by atomic mass is 35.5. The molecule has 0 radical (unpaired) electrons. The second-order valence-electron chi connectivity index (χ2n) is 4.94. The SMILES string of the molecule is CO[C@]1(O)C(n2ccc3c(Cl)nc(N)nc32)O[C@H](CO)[C@H]1O. The number of nitrogen functional groups attached to an aromatic ring is 1. The van der Waals surface area contributed by atoms with E-state index in [9.17, 15) is 15.3 Å². The molecule has 0 saturated carbocycles. The van der Waals surface area contributed by atoms with Gasteiger partial charge < -0.3 is 35.1 Å². The van der Waals surface area contributed by atoms with Crippen molar-refractivity contribution < 1.29 is 24.8 Å². The standard InChI is InChI=1S/C12H15ClN4O5/c1-21-12(20)7(19)6(4-18)22-10(12)17-3-2-5-8(13)15-11(14)16-9(5)17/h2-3,6-7,10,18-20H,4H2,1H3,(H2,14,15,16)/t6-,7-,10?,12+/m1/s1. The Hall–Kier alpha value is -1.49. The van der Waals surface area contributed by atoms with E-state index in [1.165, 1.54) is 11.7 Å². The first-order chi connectivity index (χ1) is 10.4. The van der Waals surface area contributed by atoms with Gasteiger partial charge >= 0.3 is 0 Å². The predicted octanol–water partition coefficient (Wildman–Crippen LogP) is -0.748. The van der Waals surface area contributed by atoms with Crippen LogP contribution in [0.15, 0.2) is 12.3 Å². The summed E-state index contributed by atoms with van der Waals surface area (Å²) in [4.78, 5) is 7.91. The van der Waals surface area contributed by atoms with Crippen LogP contribution in [0.5, 0.6) is 0 Å². The van der Waals surface area contributed by atoms with Gasteiger partial charge in [0.05, 0.1) is 12.0 Å². The van der Waals surface area contributed by atoms with E-state index >= 15 is 0 Å². The summed E-state index contributed by atoms with van der Waals surface area (Å²) in [5.74, 6) is -2.11. The van der Waals surface area contributed by atoms with Crippen molar-refractivity contribution >= 4 is 28.6 Å². The third kappa shape index (κ3) is 2.06. The molecule has 22 heavy (non-hydrogen) atoms. The van der Waals surface area contributed by atoms with Gasteiger partial charge in [0, 0.05) is 13.3 Å². The number of fused-ring (bicyclic) bond motifs is 1. The Morgan fingerprint density at radius 2 is 2.27 bits per heavy atom. The number of ether oxygens (including phenoxy) is 2. The monoisotopic (exact) mass is 330 g/mol. The van der Waals surface area contributed by atoms with Gasteiger partial charge in [-0.05, 0) is 6.07 Å². The third-order valence-corrected chi connectivity index (χ3v) is 4.02. The molecule has 2 aromatic rings. The zero-order chi connectivity index (χ0) is 16.1. The first-order valence-electron chi connectivity index (χ1n) is 6.43. The van der Waals surface area contributed by atoms with Crippen molar-refractivity contribution in [3.8, 4) is 0 Å². The van der Waals surface area contributed by atoms with Crippen LogP contribution < -0.4 is 5.73 Å². The van der Waals surface area contributed by atoms with E-state index in [2.05, 4.69) is 9.97 Å². The van der Waals surface area contributed by atoms with Gasteiger partial charge in [0.2, 0.25) is 11.7 Å². The van der Waals surface area contributed by atoms with Crippen molar-refractivity contribution in [3.63, 3.8) is 0 Å². The van der Waals surface area contributed by atoms with Gasteiger partial charge in [0.15, 0.2) is 6.23 Å². The van der Waals surface area contributed by atoms with Crippen LogP contribution in [0.3, 0.4) is 0 Å². The number of aliphatic hydroxyl groups excluding tert-OH is 2. The summed E-state index contributed by atoms with van der Waals surface area (Å²) in [5, 5.41) is 30.6. The number of anilines is 1. The molecule has 120 valence electrons. The van der Waals surface area contributed by atoms with Crippen LogP contribution in [0, 0.1) is 0 Å². The lowest BCUT2D eigenvalue weighted by atomic mass is 10.1. The average Bonchev–Trinajstić information content (AvgIpc) is 3.00. The first-order valence-corrected chi connectivity index (χ1v) is 6.81. The molecule has 9 nitrogen and oxygen atoms in total. The number of nitrogens with two attached hydrogens (primary N) is 1. The van der Waals surface area contributed by atoms with Gasteiger partial charge in [-0.2, -0.15) is 4.98 Å². The molecule has 0 bridgehead atoms. The van der Waals surface area contributed by atoms with Crippen LogP contribution in [0.4, 0.5) is 5.95 Å². The van der Waals surface area contributed by atoms with Crippen LogP contribution >= 0.6 is 11.6 Å². The topological polar surface area (TPSA) is 136 Å². The summed E-state index contributed by atoms with van der Waals surface area (Å²) in [6.45, 7) is -0.486. The fraction of sp³-hybridized carbons (Fsp3) is 0.500. The van der Waals surface area contributed by atoms with E-state index < -0.39 is 30.8 Å². The maximum atomic E-state index is 10.6. The predicted molar refractivity (Wildman–Crippen MR) is 75.9 cm³/mol. The number of methoxy groups -OCH3 is 1. The number of aliphatic hydroxyl groups is 3. The number of nitrogens with zero attached hydrogens (tertiary/aromatic N) is 3. The Kier molecular flexibility index (Phi) is 3.71. The molecule has 10 heteroatoms. The molecule has 3 rings (SSSR count). The van der Waals surface area contributed by atoms with E-state index in [-0.39, 0.29) is 11.1 Å². The van der Waals surface area contributed by atoms with E-state index in [4.69, 9.17) is 26.8 Å². The molecular formula is C12H15ClN4O5. The molecule has 4 atom stereocenters. The smallest absolute Gasteiger partial charge is 0.241 e. The molecule has 0 spiro atoms. The van der Waals surface area contributed by atoms with Crippen molar-refractivity contribution in [1.82, 2.24) is 14.5 Å². The van der Waals surface area contributed by atoms with Gasteiger partial charge in [0.25, 0.3) is 0 Å². The summed E-state index contributed by atoms with van der Waals surface area (Å²) in [6.07, 6.45) is -2.06. The molecule has 1 saturated heterocycles. The van der Waals surface area contributed by atoms with E-state index in [0.29, 0.717) is 11.0 Å². The molecule has 2 aromatic heterocycles. The largest absolute Gasteiger partial charge is 0.394 e. The summed E-state index contributed by atoms with van der Waals surface area (Å²) in [6, 6.07) is 1.62. The fourth-order valence-corrected chi connectivity index (χ4v) is 2.81. The molecule has 3 heterocycles. The second kappa shape index (κ2) is 5.30. The Morgan fingerprint density at radius 1 is 1.55 bits per heavy atom. The van der Waals surface area contributed by atoms with Crippen LogP contribution in [0.2, 0.25) is 5.15 Å². The maximum absolute atomic E-state index is 10.6. The van der Waals surface area contributed by atoms with Crippen LogP contribution in [-0.4, -0.2) is 61.6 Å². The van der Waals surface area contributed by atoms with Crippen LogP contribution in [-0.2, 0) is 9.47 Å². The maximum Gasteiger partial charge on any atom is 0.241 e. The lowest BCUT2D eigenvalue weighted by Gasteiger charge is -2.30. The van der Waals surface area contributed by atoms with Crippen molar-refractivity contribution in [2.75, 3.05) is 19.5 Å². The summed E-state index contributed by atoms with van der Waals surface area (Å²) in [7, 11) is 1.22. The minimum atomic E-state index is -2.06. The molecule has 1 fully saturated rings. The quantitative estimate of drug-likeness (QED) is 0.426. The minimum absolute atomic E-state index is 0.0457. The zero-order valence-electron chi connectivity index (χ0n) is 11.5. The van der Waals surface area contributed by atoms with Crippen LogP contribution in [0.1, 0.15) is 6.23 Å². The molecule has 0 aliphatic carbocycles. The Labute approximate surface area is 129 Å². The third-order valence-electron chi connectivity index (χ3n) is 3.74. The number of hydrogen-bond acceptors (Lipinski definition) is 8. The van der Waals surface area contributed by atoms with Gasteiger partial charge in [-0.1, -0.05) is 11.6 Å². The number of rotatable bonds is 3. The molecule has 0 amide bonds. The van der Waals surface area contributed by atoms with Gasteiger partial charge in [-0.3, -0.25) is 0 Å². The van der Waals surface area contributed by atoms with Gasteiger partial charge in [-0.25, -0.2) is 4.98 Å². The highest BCUT2D eigenvalue weighted by molar-refractivity contribution is 6.34.